The molecule has 146 valence electrons. The van der Waals surface area contributed by atoms with Gasteiger partial charge in [-0.2, -0.15) is 5.10 Å². The van der Waals surface area contributed by atoms with E-state index in [1.165, 1.54) is 23.1 Å². The van der Waals surface area contributed by atoms with E-state index in [1.807, 2.05) is 0 Å². The highest BCUT2D eigenvalue weighted by Gasteiger charge is 2.19. The molecule has 2 aromatic heterocycles. The number of carbonyl (C=O) groups is 1. The van der Waals surface area contributed by atoms with Crippen LogP contribution in [0.5, 0.6) is 0 Å². The van der Waals surface area contributed by atoms with E-state index in [4.69, 9.17) is 27.6 Å². The molecule has 0 bridgehead atoms. The maximum Gasteiger partial charge on any atom is 0.270 e. The first-order chi connectivity index (χ1) is 14.0. The van der Waals surface area contributed by atoms with Crippen molar-refractivity contribution in [3.8, 4) is 16.9 Å². The molecule has 0 unspecified atom stereocenters. The van der Waals surface area contributed by atoms with Gasteiger partial charge in [-0.3, -0.25) is 4.79 Å². The van der Waals surface area contributed by atoms with Crippen molar-refractivity contribution in [3.63, 3.8) is 0 Å². The third-order valence-electron chi connectivity index (χ3n) is 4.24. The first-order valence-corrected chi connectivity index (χ1v) is 9.39. The second-order valence-electron chi connectivity index (χ2n) is 6.17. The van der Waals surface area contributed by atoms with Crippen LogP contribution in [-0.2, 0) is 6.54 Å². The van der Waals surface area contributed by atoms with E-state index in [2.05, 4.69) is 10.4 Å². The highest BCUT2D eigenvalue weighted by molar-refractivity contribution is 6.42. The van der Waals surface area contributed by atoms with E-state index in [1.54, 1.807) is 48.5 Å². The van der Waals surface area contributed by atoms with Crippen molar-refractivity contribution in [1.29, 1.82) is 0 Å². The van der Waals surface area contributed by atoms with Gasteiger partial charge in [0.15, 0.2) is 0 Å². The summed E-state index contributed by atoms with van der Waals surface area (Å²) < 4.78 is 20.9. The molecule has 0 atom stereocenters. The summed E-state index contributed by atoms with van der Waals surface area (Å²) in [5.74, 6) is -0.232. The molecule has 4 aromatic rings. The van der Waals surface area contributed by atoms with E-state index in [9.17, 15) is 9.18 Å². The number of benzene rings is 2. The molecular weight excluding hydrogens is 416 g/mol. The Hall–Kier alpha value is -3.09. The summed E-state index contributed by atoms with van der Waals surface area (Å²) >= 11 is 12.1. The summed E-state index contributed by atoms with van der Waals surface area (Å²) in [6.45, 7) is 0.202. The fraction of sp³-hybridized carbons (Fsp3) is 0.0476. The minimum absolute atomic E-state index is 0.202. The summed E-state index contributed by atoms with van der Waals surface area (Å²) in [6.07, 6.45) is 1.53. The Kier molecular flexibility index (Phi) is 5.38. The lowest BCUT2D eigenvalue weighted by Crippen LogP contribution is -2.25. The molecule has 0 saturated heterocycles. The smallest absolute Gasteiger partial charge is 0.270 e. The number of aromatic nitrogens is 2. The van der Waals surface area contributed by atoms with E-state index in [0.717, 1.165) is 0 Å². The second-order valence-corrected chi connectivity index (χ2v) is 6.98. The van der Waals surface area contributed by atoms with Crippen molar-refractivity contribution in [2.75, 3.05) is 0 Å². The topological polar surface area (TPSA) is 60.1 Å². The van der Waals surface area contributed by atoms with Crippen LogP contribution in [0.15, 0.2) is 71.3 Å². The number of hydrogen-bond acceptors (Lipinski definition) is 3. The number of nitrogens with one attached hydrogen (secondary N) is 1. The highest BCUT2D eigenvalue weighted by Crippen LogP contribution is 2.28. The average molecular weight is 430 g/mol. The number of hydrogen-bond donors (Lipinski definition) is 1. The van der Waals surface area contributed by atoms with Gasteiger partial charge in [0.2, 0.25) is 0 Å². The average Bonchev–Trinajstić information content (AvgIpc) is 3.38. The Morgan fingerprint density at radius 3 is 2.62 bits per heavy atom. The van der Waals surface area contributed by atoms with Crippen molar-refractivity contribution < 1.29 is 13.6 Å². The van der Waals surface area contributed by atoms with E-state index >= 15 is 0 Å². The van der Waals surface area contributed by atoms with Crippen LogP contribution in [0.4, 0.5) is 4.39 Å². The molecule has 0 aliphatic rings. The maximum absolute atomic E-state index is 14.3. The second kappa shape index (κ2) is 8.11. The summed E-state index contributed by atoms with van der Waals surface area (Å²) in [5, 5.41) is 7.90. The fourth-order valence-electron chi connectivity index (χ4n) is 2.83. The summed E-state index contributed by atoms with van der Waals surface area (Å²) in [5.41, 5.74) is 1.34. The third-order valence-corrected chi connectivity index (χ3v) is 4.98. The molecule has 2 heterocycles. The van der Waals surface area contributed by atoms with Gasteiger partial charge in [-0.25, -0.2) is 9.07 Å². The quantitative estimate of drug-likeness (QED) is 0.454. The predicted octanol–water partition coefficient (Wildman–Crippen LogP) is 5.51. The minimum atomic E-state index is -0.436. The van der Waals surface area contributed by atoms with Crippen molar-refractivity contribution in [1.82, 2.24) is 15.1 Å². The van der Waals surface area contributed by atoms with Crippen LogP contribution in [0.1, 0.15) is 16.2 Å². The SMILES string of the molecule is O=C(NCc1ccco1)c1cc(-c2ccccc2F)nn1-c1ccc(Cl)c(Cl)c1. The van der Waals surface area contributed by atoms with Gasteiger partial charge in [0.05, 0.1) is 34.2 Å². The van der Waals surface area contributed by atoms with Gasteiger partial charge in [-0.1, -0.05) is 35.3 Å². The molecule has 4 rings (SSSR count). The van der Waals surface area contributed by atoms with E-state index in [-0.39, 0.29) is 17.8 Å². The molecule has 0 spiro atoms. The summed E-state index contributed by atoms with van der Waals surface area (Å²) in [4.78, 5) is 12.8. The minimum Gasteiger partial charge on any atom is -0.467 e. The Morgan fingerprint density at radius 2 is 1.90 bits per heavy atom. The molecule has 1 N–H and O–H groups in total. The molecule has 0 saturated carbocycles. The molecule has 8 heteroatoms. The number of amides is 1. The third kappa shape index (κ3) is 4.04. The van der Waals surface area contributed by atoms with Crippen LogP contribution >= 0.6 is 23.2 Å². The van der Waals surface area contributed by atoms with E-state index < -0.39 is 11.7 Å². The van der Waals surface area contributed by atoms with Crippen molar-refractivity contribution >= 4 is 29.1 Å². The first kappa shape index (κ1) is 19.2. The maximum atomic E-state index is 14.3. The van der Waals surface area contributed by atoms with Crippen LogP contribution in [0.3, 0.4) is 0 Å². The Morgan fingerprint density at radius 1 is 1.07 bits per heavy atom. The van der Waals surface area contributed by atoms with Crippen molar-refractivity contribution in [3.05, 3.63) is 94.2 Å². The Balaban J connectivity index is 1.76. The lowest BCUT2D eigenvalue weighted by Gasteiger charge is -2.08. The lowest BCUT2D eigenvalue weighted by atomic mass is 10.1. The molecule has 0 fully saturated rings. The zero-order chi connectivity index (χ0) is 20.4. The molecule has 1 amide bonds. The molecule has 29 heavy (non-hydrogen) atoms. The van der Waals surface area contributed by atoms with Crippen LogP contribution in [0.2, 0.25) is 10.0 Å². The van der Waals surface area contributed by atoms with Gasteiger partial charge in [0.1, 0.15) is 17.3 Å². The van der Waals surface area contributed by atoms with Gasteiger partial charge < -0.3 is 9.73 Å². The van der Waals surface area contributed by atoms with Gasteiger partial charge >= 0.3 is 0 Å². The van der Waals surface area contributed by atoms with Crippen molar-refractivity contribution in [2.45, 2.75) is 6.54 Å². The van der Waals surface area contributed by atoms with Gasteiger partial charge in [-0.05, 0) is 48.5 Å². The van der Waals surface area contributed by atoms with Crippen molar-refractivity contribution in [2.24, 2.45) is 0 Å². The van der Waals surface area contributed by atoms with Crippen LogP contribution < -0.4 is 5.32 Å². The standard InChI is InChI=1S/C21H14Cl2FN3O2/c22-16-8-7-13(10-17(16)23)27-20(21(28)25-12-14-4-3-9-29-14)11-19(26-27)15-5-1-2-6-18(15)24/h1-11H,12H2,(H,25,28). The Labute approximate surface area is 175 Å². The monoisotopic (exact) mass is 429 g/mol. The van der Waals surface area contributed by atoms with E-state index in [0.29, 0.717) is 27.2 Å². The molecule has 5 nitrogen and oxygen atoms in total. The zero-order valence-corrected chi connectivity index (χ0v) is 16.4. The van der Waals surface area contributed by atoms with Gasteiger partial charge in [0, 0.05) is 5.56 Å². The molecule has 0 aliphatic heterocycles. The summed E-state index contributed by atoms with van der Waals surface area (Å²) in [7, 11) is 0. The van der Waals surface area contributed by atoms with Crippen LogP contribution in [-0.4, -0.2) is 15.7 Å². The number of nitrogens with zero attached hydrogens (tertiary/aromatic N) is 2. The lowest BCUT2D eigenvalue weighted by molar-refractivity contribution is 0.0940. The molecule has 0 aliphatic carbocycles. The number of rotatable bonds is 5. The number of furan rings is 1. The van der Waals surface area contributed by atoms with Crippen LogP contribution in [0.25, 0.3) is 16.9 Å². The normalized spacial score (nSPS) is 10.9. The van der Waals surface area contributed by atoms with Crippen LogP contribution in [0, 0.1) is 5.82 Å². The predicted molar refractivity (Wildman–Crippen MR) is 109 cm³/mol. The Bertz CT molecular complexity index is 1170. The summed E-state index contributed by atoms with van der Waals surface area (Å²) in [6, 6.07) is 16.1. The number of carbonyl (C=O) groups excluding carboxylic acids is 1. The molecule has 0 radical (unpaired) electrons. The first-order valence-electron chi connectivity index (χ1n) is 8.64. The molecular formula is C21H14Cl2FN3O2. The zero-order valence-electron chi connectivity index (χ0n) is 14.9. The number of halogens is 3. The van der Waals surface area contributed by atoms with Gasteiger partial charge in [-0.15, -0.1) is 0 Å². The largest absolute Gasteiger partial charge is 0.467 e. The van der Waals surface area contributed by atoms with Gasteiger partial charge in [0.25, 0.3) is 5.91 Å². The fourth-order valence-corrected chi connectivity index (χ4v) is 3.12. The highest BCUT2D eigenvalue weighted by atomic mass is 35.5. The molecule has 2 aromatic carbocycles.